The number of aromatic nitrogens is 1. The minimum absolute atomic E-state index is 0.192. The van der Waals surface area contributed by atoms with Crippen LogP contribution in [0.1, 0.15) is 24.1 Å². The summed E-state index contributed by atoms with van der Waals surface area (Å²) in [6.45, 7) is 3.70. The SMILES string of the molecule is Cc1ccc(F)cc1Oc1ncccc1[C@H](C)N. The van der Waals surface area contributed by atoms with Crippen molar-refractivity contribution in [3.05, 3.63) is 53.5 Å². The Kier molecular flexibility index (Phi) is 3.58. The van der Waals surface area contributed by atoms with Crippen LogP contribution in [0.25, 0.3) is 0 Å². The minimum Gasteiger partial charge on any atom is -0.438 e. The van der Waals surface area contributed by atoms with Crippen LogP contribution in [0.4, 0.5) is 4.39 Å². The Balaban J connectivity index is 2.37. The highest BCUT2D eigenvalue weighted by Gasteiger charge is 2.11. The lowest BCUT2D eigenvalue weighted by atomic mass is 10.1. The van der Waals surface area contributed by atoms with Crippen LogP contribution in [-0.2, 0) is 0 Å². The van der Waals surface area contributed by atoms with Crippen LogP contribution < -0.4 is 10.5 Å². The second kappa shape index (κ2) is 5.14. The first-order valence-electron chi connectivity index (χ1n) is 5.72. The maximum absolute atomic E-state index is 13.2. The van der Waals surface area contributed by atoms with Crippen LogP contribution in [0.2, 0.25) is 0 Å². The van der Waals surface area contributed by atoms with Gasteiger partial charge in [-0.2, -0.15) is 0 Å². The number of aryl methyl sites for hydroxylation is 1. The predicted molar refractivity (Wildman–Crippen MR) is 68.1 cm³/mol. The van der Waals surface area contributed by atoms with Gasteiger partial charge in [0, 0.05) is 23.9 Å². The Labute approximate surface area is 105 Å². The standard InChI is InChI=1S/C14H15FN2O/c1-9-5-6-11(15)8-13(9)18-14-12(10(2)16)4-3-7-17-14/h3-8,10H,16H2,1-2H3/t10-/m0/s1. The molecule has 0 bridgehead atoms. The second-order valence-corrected chi connectivity index (χ2v) is 4.20. The molecule has 3 nitrogen and oxygen atoms in total. The van der Waals surface area contributed by atoms with Crippen molar-refractivity contribution in [2.24, 2.45) is 5.73 Å². The zero-order valence-corrected chi connectivity index (χ0v) is 10.4. The van der Waals surface area contributed by atoms with Gasteiger partial charge in [-0.1, -0.05) is 12.1 Å². The van der Waals surface area contributed by atoms with Crippen molar-refractivity contribution in [2.75, 3.05) is 0 Å². The van der Waals surface area contributed by atoms with Gasteiger partial charge in [-0.3, -0.25) is 0 Å². The number of hydrogen-bond donors (Lipinski definition) is 1. The van der Waals surface area contributed by atoms with E-state index in [-0.39, 0.29) is 11.9 Å². The number of rotatable bonds is 3. The average Bonchev–Trinajstić information content (AvgIpc) is 2.34. The number of benzene rings is 1. The summed E-state index contributed by atoms with van der Waals surface area (Å²) in [6, 6.07) is 7.86. The number of nitrogens with two attached hydrogens (primary N) is 1. The number of hydrogen-bond acceptors (Lipinski definition) is 3. The Bertz CT molecular complexity index is 555. The first-order chi connectivity index (χ1) is 8.58. The van der Waals surface area contributed by atoms with Gasteiger partial charge < -0.3 is 10.5 Å². The van der Waals surface area contributed by atoms with E-state index in [1.165, 1.54) is 12.1 Å². The van der Waals surface area contributed by atoms with E-state index in [1.807, 2.05) is 19.9 Å². The molecule has 0 spiro atoms. The Hall–Kier alpha value is -1.94. The highest BCUT2D eigenvalue weighted by atomic mass is 19.1. The lowest BCUT2D eigenvalue weighted by Crippen LogP contribution is -2.07. The van der Waals surface area contributed by atoms with Crippen molar-refractivity contribution >= 4 is 0 Å². The molecular formula is C14H15FN2O. The van der Waals surface area contributed by atoms with Crippen LogP contribution in [0.15, 0.2) is 36.5 Å². The van der Waals surface area contributed by atoms with E-state index in [1.54, 1.807) is 18.3 Å². The molecule has 18 heavy (non-hydrogen) atoms. The molecule has 2 aromatic rings. The third kappa shape index (κ3) is 2.65. The summed E-state index contributed by atoms with van der Waals surface area (Å²) in [5, 5.41) is 0. The largest absolute Gasteiger partial charge is 0.438 e. The maximum atomic E-state index is 13.2. The molecule has 0 amide bonds. The van der Waals surface area contributed by atoms with Gasteiger partial charge in [0.05, 0.1) is 0 Å². The molecule has 4 heteroatoms. The molecule has 0 saturated carbocycles. The van der Waals surface area contributed by atoms with Gasteiger partial charge in [-0.05, 0) is 31.5 Å². The van der Waals surface area contributed by atoms with Gasteiger partial charge in [-0.15, -0.1) is 0 Å². The molecular weight excluding hydrogens is 231 g/mol. The highest BCUT2D eigenvalue weighted by molar-refractivity contribution is 5.38. The molecule has 1 heterocycles. The zero-order valence-electron chi connectivity index (χ0n) is 10.4. The molecule has 1 aromatic carbocycles. The average molecular weight is 246 g/mol. The fraction of sp³-hybridized carbons (Fsp3) is 0.214. The van der Waals surface area contributed by atoms with Crippen LogP contribution in [0, 0.1) is 12.7 Å². The van der Waals surface area contributed by atoms with E-state index in [0.717, 1.165) is 11.1 Å². The van der Waals surface area contributed by atoms with Crippen LogP contribution >= 0.6 is 0 Å². The molecule has 1 aromatic heterocycles. The van der Waals surface area contributed by atoms with E-state index in [4.69, 9.17) is 10.5 Å². The summed E-state index contributed by atoms with van der Waals surface area (Å²) < 4.78 is 18.8. The van der Waals surface area contributed by atoms with E-state index >= 15 is 0 Å². The summed E-state index contributed by atoms with van der Waals surface area (Å²) in [4.78, 5) is 4.14. The van der Waals surface area contributed by atoms with Gasteiger partial charge in [0.25, 0.3) is 0 Å². The molecule has 0 aliphatic heterocycles. The van der Waals surface area contributed by atoms with Crippen LogP contribution in [0.5, 0.6) is 11.6 Å². The Morgan fingerprint density at radius 2 is 2.11 bits per heavy atom. The zero-order chi connectivity index (χ0) is 13.1. The Morgan fingerprint density at radius 3 is 2.83 bits per heavy atom. The van der Waals surface area contributed by atoms with Crippen molar-refractivity contribution in [3.63, 3.8) is 0 Å². The molecule has 2 N–H and O–H groups in total. The molecule has 0 saturated heterocycles. The third-order valence-electron chi connectivity index (χ3n) is 2.65. The summed E-state index contributed by atoms with van der Waals surface area (Å²) in [5.74, 6) is 0.533. The van der Waals surface area contributed by atoms with E-state index in [2.05, 4.69) is 4.98 Å². The lowest BCUT2D eigenvalue weighted by molar-refractivity contribution is 0.444. The number of pyridine rings is 1. The first kappa shape index (κ1) is 12.5. The van der Waals surface area contributed by atoms with Crippen molar-refractivity contribution < 1.29 is 9.13 Å². The van der Waals surface area contributed by atoms with E-state index in [0.29, 0.717) is 11.6 Å². The van der Waals surface area contributed by atoms with E-state index < -0.39 is 0 Å². The summed E-state index contributed by atoms with van der Waals surface area (Å²) >= 11 is 0. The summed E-state index contributed by atoms with van der Waals surface area (Å²) in [6.07, 6.45) is 1.62. The fourth-order valence-electron chi connectivity index (χ4n) is 1.62. The molecule has 94 valence electrons. The maximum Gasteiger partial charge on any atom is 0.223 e. The van der Waals surface area contributed by atoms with Crippen molar-refractivity contribution in [1.29, 1.82) is 0 Å². The predicted octanol–water partition coefficient (Wildman–Crippen LogP) is 3.34. The van der Waals surface area contributed by atoms with Gasteiger partial charge in [0.15, 0.2) is 0 Å². The molecule has 0 aliphatic carbocycles. The molecule has 0 radical (unpaired) electrons. The van der Waals surface area contributed by atoms with Crippen molar-refractivity contribution in [1.82, 2.24) is 4.98 Å². The summed E-state index contributed by atoms with van der Waals surface area (Å²) in [5.41, 5.74) is 7.48. The Morgan fingerprint density at radius 1 is 1.33 bits per heavy atom. The number of ether oxygens (including phenoxy) is 1. The van der Waals surface area contributed by atoms with Crippen LogP contribution in [-0.4, -0.2) is 4.98 Å². The van der Waals surface area contributed by atoms with Gasteiger partial charge in [0.1, 0.15) is 11.6 Å². The molecule has 0 aliphatic rings. The monoisotopic (exact) mass is 246 g/mol. The van der Waals surface area contributed by atoms with Gasteiger partial charge in [0.2, 0.25) is 5.88 Å². The molecule has 1 atom stereocenters. The fourth-order valence-corrected chi connectivity index (χ4v) is 1.62. The quantitative estimate of drug-likeness (QED) is 0.903. The lowest BCUT2D eigenvalue weighted by Gasteiger charge is -2.13. The molecule has 2 rings (SSSR count). The van der Waals surface area contributed by atoms with Crippen LogP contribution in [0.3, 0.4) is 0 Å². The smallest absolute Gasteiger partial charge is 0.223 e. The summed E-state index contributed by atoms with van der Waals surface area (Å²) in [7, 11) is 0. The highest BCUT2D eigenvalue weighted by Crippen LogP contribution is 2.28. The molecule has 0 unspecified atom stereocenters. The first-order valence-corrected chi connectivity index (χ1v) is 5.72. The van der Waals surface area contributed by atoms with Gasteiger partial charge >= 0.3 is 0 Å². The minimum atomic E-state index is -0.339. The molecule has 0 fully saturated rings. The number of nitrogens with zero attached hydrogens (tertiary/aromatic N) is 1. The van der Waals surface area contributed by atoms with E-state index in [9.17, 15) is 4.39 Å². The topological polar surface area (TPSA) is 48.1 Å². The normalized spacial score (nSPS) is 12.2. The number of halogens is 1. The van der Waals surface area contributed by atoms with Crippen molar-refractivity contribution in [2.45, 2.75) is 19.9 Å². The second-order valence-electron chi connectivity index (χ2n) is 4.20. The van der Waals surface area contributed by atoms with Gasteiger partial charge in [-0.25, -0.2) is 9.37 Å². The third-order valence-corrected chi connectivity index (χ3v) is 2.65. The van der Waals surface area contributed by atoms with Crippen molar-refractivity contribution in [3.8, 4) is 11.6 Å².